The van der Waals surface area contributed by atoms with Gasteiger partial charge in [-0.1, -0.05) is 12.1 Å². The Labute approximate surface area is 153 Å². The van der Waals surface area contributed by atoms with Crippen LogP contribution in [0.1, 0.15) is 17.8 Å². The van der Waals surface area contributed by atoms with Crippen molar-refractivity contribution in [2.45, 2.75) is 26.4 Å². The molecule has 2 aromatic rings. The van der Waals surface area contributed by atoms with Gasteiger partial charge in [-0.25, -0.2) is 4.68 Å². The van der Waals surface area contributed by atoms with Crippen molar-refractivity contribution in [3.05, 3.63) is 40.4 Å². The number of nitrogens with zero attached hydrogens (tertiary/aromatic N) is 4. The van der Waals surface area contributed by atoms with E-state index in [-0.39, 0.29) is 12.3 Å². The van der Waals surface area contributed by atoms with E-state index in [0.29, 0.717) is 24.5 Å². The molecule has 0 saturated heterocycles. The molecule has 2 rings (SSSR count). The quantitative estimate of drug-likeness (QED) is 0.686. The number of likely N-dealkylation sites (N-methyl/N-ethyl adjacent to an activating group) is 1. The van der Waals surface area contributed by atoms with Gasteiger partial charge in [-0.2, -0.15) is 5.10 Å². The predicted molar refractivity (Wildman–Crippen MR) is 98.9 cm³/mol. The number of benzene rings is 1. The summed E-state index contributed by atoms with van der Waals surface area (Å²) in [7, 11) is 3.84. The fourth-order valence-electron chi connectivity index (χ4n) is 2.40. The largest absolute Gasteiger partial charge is 0.492 e. The average molecular weight is 363 g/mol. The van der Waals surface area contributed by atoms with Gasteiger partial charge in [0.25, 0.3) is 0 Å². The summed E-state index contributed by atoms with van der Waals surface area (Å²) >= 11 is 5.41. The van der Waals surface area contributed by atoms with Gasteiger partial charge in [0.1, 0.15) is 18.2 Å². The maximum atomic E-state index is 10.9. The van der Waals surface area contributed by atoms with E-state index in [4.69, 9.17) is 22.7 Å². The molecule has 1 amide bonds. The van der Waals surface area contributed by atoms with Gasteiger partial charge in [-0.05, 0) is 43.9 Å². The van der Waals surface area contributed by atoms with Crippen LogP contribution in [0.4, 0.5) is 0 Å². The Bertz CT molecular complexity index is 784. The van der Waals surface area contributed by atoms with Crippen molar-refractivity contribution in [2.75, 3.05) is 20.2 Å². The second-order valence-corrected chi connectivity index (χ2v) is 6.47. The van der Waals surface area contributed by atoms with Crippen molar-refractivity contribution in [3.8, 4) is 5.75 Å². The number of amides is 1. The first kappa shape index (κ1) is 19.1. The summed E-state index contributed by atoms with van der Waals surface area (Å²) in [5.41, 5.74) is 6.37. The van der Waals surface area contributed by atoms with Crippen LogP contribution in [0.5, 0.6) is 5.75 Å². The van der Waals surface area contributed by atoms with Crippen LogP contribution in [-0.4, -0.2) is 45.4 Å². The van der Waals surface area contributed by atoms with Crippen molar-refractivity contribution in [3.63, 3.8) is 0 Å². The van der Waals surface area contributed by atoms with Gasteiger partial charge < -0.3 is 15.0 Å². The van der Waals surface area contributed by atoms with Crippen LogP contribution in [-0.2, 0) is 24.9 Å². The van der Waals surface area contributed by atoms with E-state index in [9.17, 15) is 4.79 Å². The van der Waals surface area contributed by atoms with Crippen molar-refractivity contribution in [2.24, 2.45) is 12.8 Å². The lowest BCUT2D eigenvalue weighted by Gasteiger charge is -2.16. The second-order valence-electron chi connectivity index (χ2n) is 6.11. The average Bonchev–Trinajstić information content (AvgIpc) is 2.81. The zero-order chi connectivity index (χ0) is 18.4. The Morgan fingerprint density at radius 2 is 2.20 bits per heavy atom. The van der Waals surface area contributed by atoms with Crippen LogP contribution in [0.25, 0.3) is 0 Å². The first-order valence-electron chi connectivity index (χ1n) is 8.16. The van der Waals surface area contributed by atoms with Gasteiger partial charge in [0.05, 0.1) is 6.67 Å². The van der Waals surface area contributed by atoms with E-state index in [0.717, 1.165) is 18.1 Å². The standard InChI is InChI=1S/C17H25N5O2S/c1-13-5-4-6-14(11-13)24-10-9-20(2)12-22-17(25)21(3)16(19-22)8-7-15(18)23/h4-6,11H,7-10,12H2,1-3H3,(H2,18,23). The molecule has 1 aromatic heterocycles. The molecule has 0 saturated carbocycles. The summed E-state index contributed by atoms with van der Waals surface area (Å²) in [4.78, 5) is 13.0. The molecule has 0 radical (unpaired) electrons. The Kier molecular flexibility index (Phi) is 6.72. The normalized spacial score (nSPS) is 11.0. The molecule has 136 valence electrons. The number of aryl methyl sites for hydroxylation is 2. The summed E-state index contributed by atoms with van der Waals surface area (Å²) < 4.78 is 9.95. The van der Waals surface area contributed by atoms with Gasteiger partial charge in [0, 0.05) is 26.4 Å². The van der Waals surface area contributed by atoms with Gasteiger partial charge >= 0.3 is 0 Å². The van der Waals surface area contributed by atoms with E-state index < -0.39 is 0 Å². The SMILES string of the molecule is Cc1cccc(OCCN(C)Cn2nc(CCC(N)=O)n(C)c2=S)c1. The number of hydrogen-bond acceptors (Lipinski definition) is 5. The number of ether oxygens (including phenoxy) is 1. The van der Waals surface area contributed by atoms with Crippen molar-refractivity contribution >= 4 is 18.1 Å². The van der Waals surface area contributed by atoms with Gasteiger partial charge in [-0.15, -0.1) is 0 Å². The molecule has 1 heterocycles. The van der Waals surface area contributed by atoms with Crippen LogP contribution >= 0.6 is 12.2 Å². The summed E-state index contributed by atoms with van der Waals surface area (Å²) in [5.74, 6) is 1.29. The third-order valence-corrected chi connectivity index (χ3v) is 4.32. The van der Waals surface area contributed by atoms with Crippen molar-refractivity contribution in [1.29, 1.82) is 0 Å². The molecule has 0 fully saturated rings. The molecule has 7 nitrogen and oxygen atoms in total. The molecule has 8 heteroatoms. The van der Waals surface area contributed by atoms with E-state index in [1.807, 2.05) is 49.9 Å². The molecule has 0 bridgehead atoms. The Balaban J connectivity index is 1.87. The van der Waals surface area contributed by atoms with E-state index >= 15 is 0 Å². The van der Waals surface area contributed by atoms with Crippen LogP contribution in [0.3, 0.4) is 0 Å². The lowest BCUT2D eigenvalue weighted by molar-refractivity contribution is -0.118. The molecule has 0 aliphatic carbocycles. The lowest BCUT2D eigenvalue weighted by atomic mass is 10.2. The first-order valence-corrected chi connectivity index (χ1v) is 8.56. The fraction of sp³-hybridized carbons (Fsp3) is 0.471. The highest BCUT2D eigenvalue weighted by Gasteiger charge is 2.10. The number of rotatable bonds is 9. The number of hydrogen-bond donors (Lipinski definition) is 1. The van der Waals surface area contributed by atoms with Crippen LogP contribution < -0.4 is 10.5 Å². The highest BCUT2D eigenvalue weighted by molar-refractivity contribution is 7.71. The number of nitrogens with two attached hydrogens (primary N) is 1. The Hall–Kier alpha value is -2.19. The molecular weight excluding hydrogens is 338 g/mol. The smallest absolute Gasteiger partial charge is 0.217 e. The lowest BCUT2D eigenvalue weighted by Crippen LogP contribution is -2.27. The van der Waals surface area contributed by atoms with Gasteiger partial charge in [0.15, 0.2) is 4.77 Å². The molecule has 25 heavy (non-hydrogen) atoms. The summed E-state index contributed by atoms with van der Waals surface area (Å²) in [6.45, 7) is 3.91. The van der Waals surface area contributed by atoms with Crippen molar-refractivity contribution in [1.82, 2.24) is 19.2 Å². The van der Waals surface area contributed by atoms with Gasteiger partial charge in [-0.3, -0.25) is 9.69 Å². The summed E-state index contributed by atoms with van der Waals surface area (Å²) in [6.07, 6.45) is 0.752. The Morgan fingerprint density at radius 3 is 2.88 bits per heavy atom. The molecule has 0 aliphatic heterocycles. The van der Waals surface area contributed by atoms with E-state index in [1.54, 1.807) is 4.68 Å². The fourth-order valence-corrected chi connectivity index (χ4v) is 2.61. The molecule has 0 spiro atoms. The molecule has 0 atom stereocenters. The zero-order valence-electron chi connectivity index (χ0n) is 14.9. The number of carbonyl (C=O) groups excluding carboxylic acids is 1. The van der Waals surface area contributed by atoms with Crippen LogP contribution in [0.2, 0.25) is 0 Å². The second kappa shape index (κ2) is 8.77. The molecule has 1 aromatic carbocycles. The molecule has 0 aliphatic rings. The minimum absolute atomic E-state index is 0.264. The highest BCUT2D eigenvalue weighted by atomic mass is 32.1. The predicted octanol–water partition coefficient (Wildman–Crippen LogP) is 1.65. The maximum Gasteiger partial charge on any atom is 0.217 e. The number of primary amides is 1. The first-order chi connectivity index (χ1) is 11.9. The van der Waals surface area contributed by atoms with E-state index in [1.165, 1.54) is 5.56 Å². The summed E-state index contributed by atoms with van der Waals surface area (Å²) in [5, 5.41) is 4.48. The molecular formula is C17H25N5O2S. The number of aromatic nitrogens is 3. The monoisotopic (exact) mass is 363 g/mol. The summed E-state index contributed by atoms with van der Waals surface area (Å²) in [6, 6.07) is 7.99. The third kappa shape index (κ3) is 5.68. The Morgan fingerprint density at radius 1 is 1.44 bits per heavy atom. The zero-order valence-corrected chi connectivity index (χ0v) is 15.8. The molecule has 0 unspecified atom stereocenters. The third-order valence-electron chi connectivity index (χ3n) is 3.83. The van der Waals surface area contributed by atoms with E-state index in [2.05, 4.69) is 10.00 Å². The number of carbonyl (C=O) groups is 1. The van der Waals surface area contributed by atoms with Gasteiger partial charge in [0.2, 0.25) is 5.91 Å². The molecule has 2 N–H and O–H groups in total. The minimum atomic E-state index is -0.342. The van der Waals surface area contributed by atoms with Crippen molar-refractivity contribution < 1.29 is 9.53 Å². The van der Waals surface area contributed by atoms with Crippen LogP contribution in [0, 0.1) is 11.7 Å². The maximum absolute atomic E-state index is 10.9. The highest BCUT2D eigenvalue weighted by Crippen LogP contribution is 2.12. The van der Waals surface area contributed by atoms with Crippen LogP contribution in [0.15, 0.2) is 24.3 Å². The topological polar surface area (TPSA) is 78.3 Å². The minimum Gasteiger partial charge on any atom is -0.492 e.